The molecule has 2 N–H and O–H groups in total. The Morgan fingerprint density at radius 3 is 2.57 bits per heavy atom. The van der Waals surface area contributed by atoms with E-state index in [1.165, 1.54) is 0 Å². The average Bonchev–Trinajstić information content (AvgIpc) is 2.92. The van der Waals surface area contributed by atoms with Crippen LogP contribution in [0, 0.1) is 13.8 Å². The number of aliphatic hydroxyl groups excluding tert-OH is 1. The number of aromatic nitrogens is 1. The van der Waals surface area contributed by atoms with Crippen LogP contribution >= 0.6 is 11.3 Å². The van der Waals surface area contributed by atoms with Crippen molar-refractivity contribution in [2.45, 2.75) is 39.8 Å². The zero-order chi connectivity index (χ0) is 17.0. The summed E-state index contributed by atoms with van der Waals surface area (Å²) in [6, 6.07) is 6.92. The highest BCUT2D eigenvalue weighted by molar-refractivity contribution is 7.11. The molecule has 0 aliphatic rings. The lowest BCUT2D eigenvalue weighted by Gasteiger charge is -2.29. The Labute approximate surface area is 139 Å². The maximum atomic E-state index is 12.8. The van der Waals surface area contributed by atoms with Crippen LogP contribution in [-0.4, -0.2) is 33.5 Å². The molecule has 0 unspecified atom stereocenters. The fourth-order valence-corrected chi connectivity index (χ4v) is 3.34. The summed E-state index contributed by atoms with van der Waals surface area (Å²) in [6.45, 7) is 5.96. The summed E-state index contributed by atoms with van der Waals surface area (Å²) in [5.74, 6) is -0.349. The normalized spacial score (nSPS) is 12.2. The summed E-state index contributed by atoms with van der Waals surface area (Å²) in [6.07, 6.45) is 0.621. The molecule has 0 bridgehead atoms. The molecule has 0 aromatic carbocycles. The van der Waals surface area contributed by atoms with Gasteiger partial charge in [-0.05, 0) is 44.5 Å². The van der Waals surface area contributed by atoms with Gasteiger partial charge in [0.15, 0.2) is 0 Å². The smallest absolute Gasteiger partial charge is 0.260 e. The van der Waals surface area contributed by atoms with Gasteiger partial charge in [-0.1, -0.05) is 6.92 Å². The quantitative estimate of drug-likeness (QED) is 0.852. The average molecular weight is 334 g/mol. The molecule has 0 saturated heterocycles. The lowest BCUT2D eigenvalue weighted by atomic mass is 10.1. The number of carbonyl (C=O) groups is 1. The zero-order valence-electron chi connectivity index (χ0n) is 13.6. The minimum atomic E-state index is -0.393. The third-order valence-corrected chi connectivity index (χ3v) is 4.78. The Balaban J connectivity index is 2.35. The van der Waals surface area contributed by atoms with Gasteiger partial charge in [-0.15, -0.1) is 11.3 Å². The molecule has 2 aromatic heterocycles. The van der Waals surface area contributed by atoms with Gasteiger partial charge in [0, 0.05) is 15.4 Å². The van der Waals surface area contributed by atoms with Crippen molar-refractivity contribution in [3.8, 4) is 0 Å². The molecule has 1 amide bonds. The molecule has 1 atom stereocenters. The van der Waals surface area contributed by atoms with Crippen molar-refractivity contribution in [2.75, 3.05) is 6.61 Å². The summed E-state index contributed by atoms with van der Waals surface area (Å²) in [4.78, 5) is 31.4. The highest BCUT2D eigenvalue weighted by atomic mass is 32.1. The molecule has 2 heterocycles. The molecule has 0 aliphatic heterocycles. The summed E-state index contributed by atoms with van der Waals surface area (Å²) >= 11 is 1.61. The van der Waals surface area contributed by atoms with Gasteiger partial charge in [-0.2, -0.15) is 0 Å². The van der Waals surface area contributed by atoms with E-state index in [9.17, 15) is 14.7 Å². The Morgan fingerprint density at radius 2 is 2.04 bits per heavy atom. The first-order valence-electron chi connectivity index (χ1n) is 7.63. The third kappa shape index (κ3) is 4.09. The van der Waals surface area contributed by atoms with Crippen molar-refractivity contribution < 1.29 is 9.90 Å². The van der Waals surface area contributed by atoms with Gasteiger partial charge >= 0.3 is 0 Å². The number of aliphatic hydroxyl groups is 1. The number of nitrogens with zero attached hydrogens (tertiary/aromatic N) is 1. The van der Waals surface area contributed by atoms with Crippen molar-refractivity contribution in [2.24, 2.45) is 0 Å². The van der Waals surface area contributed by atoms with E-state index in [0.29, 0.717) is 18.7 Å². The molecular weight excluding hydrogens is 312 g/mol. The summed E-state index contributed by atoms with van der Waals surface area (Å²) in [7, 11) is 0. The van der Waals surface area contributed by atoms with Gasteiger partial charge in [0.25, 0.3) is 11.5 Å². The zero-order valence-corrected chi connectivity index (χ0v) is 14.4. The van der Waals surface area contributed by atoms with Crippen molar-refractivity contribution >= 4 is 17.2 Å². The van der Waals surface area contributed by atoms with E-state index in [1.807, 2.05) is 26.0 Å². The Hall–Kier alpha value is -1.92. The minimum Gasteiger partial charge on any atom is -0.394 e. The van der Waals surface area contributed by atoms with Gasteiger partial charge < -0.3 is 15.0 Å². The number of hydrogen-bond acceptors (Lipinski definition) is 4. The highest BCUT2D eigenvalue weighted by Gasteiger charge is 2.25. The Kier molecular flexibility index (Phi) is 5.74. The first kappa shape index (κ1) is 17.4. The fourth-order valence-electron chi connectivity index (χ4n) is 2.45. The van der Waals surface area contributed by atoms with E-state index in [4.69, 9.17) is 0 Å². The SMILES string of the molecule is CC[C@H](CO)N(Cc1ccc(C)s1)C(=O)c1ccc(C)[nH]c1=O. The Morgan fingerprint density at radius 1 is 1.30 bits per heavy atom. The number of nitrogens with one attached hydrogen (secondary N) is 1. The highest BCUT2D eigenvalue weighted by Crippen LogP contribution is 2.20. The van der Waals surface area contributed by atoms with Crippen molar-refractivity contribution in [3.63, 3.8) is 0 Å². The van der Waals surface area contributed by atoms with Gasteiger partial charge in [0.1, 0.15) is 5.56 Å². The van der Waals surface area contributed by atoms with E-state index in [1.54, 1.807) is 35.3 Å². The number of H-pyrrole nitrogens is 1. The lowest BCUT2D eigenvalue weighted by molar-refractivity contribution is 0.0565. The molecule has 6 heteroatoms. The second-order valence-corrected chi connectivity index (χ2v) is 6.95. The van der Waals surface area contributed by atoms with Crippen molar-refractivity contribution in [3.05, 3.63) is 55.6 Å². The third-order valence-electron chi connectivity index (χ3n) is 3.79. The maximum Gasteiger partial charge on any atom is 0.260 e. The monoisotopic (exact) mass is 334 g/mol. The molecule has 2 aromatic rings. The molecule has 0 aliphatic carbocycles. The van der Waals surface area contributed by atoms with Gasteiger partial charge in [0.2, 0.25) is 0 Å². The predicted octanol–water partition coefficient (Wildman–Crippen LogP) is 2.47. The molecule has 0 saturated carbocycles. The van der Waals surface area contributed by atoms with E-state index in [0.717, 1.165) is 9.75 Å². The molecule has 0 fully saturated rings. The van der Waals surface area contributed by atoms with E-state index in [2.05, 4.69) is 4.98 Å². The summed E-state index contributed by atoms with van der Waals surface area (Å²) in [5.41, 5.74) is 0.423. The number of amides is 1. The summed E-state index contributed by atoms with van der Waals surface area (Å²) in [5, 5.41) is 9.61. The number of carbonyl (C=O) groups excluding carboxylic acids is 1. The lowest BCUT2D eigenvalue weighted by Crippen LogP contribution is -2.43. The van der Waals surface area contributed by atoms with E-state index >= 15 is 0 Å². The molecular formula is C17H22N2O3S. The number of hydrogen-bond donors (Lipinski definition) is 2. The van der Waals surface area contributed by atoms with Crippen LogP contribution in [0.25, 0.3) is 0 Å². The second kappa shape index (κ2) is 7.57. The van der Waals surface area contributed by atoms with Crippen LogP contribution in [0.5, 0.6) is 0 Å². The van der Waals surface area contributed by atoms with Crippen LogP contribution in [-0.2, 0) is 6.54 Å². The molecule has 124 valence electrons. The Bertz CT molecular complexity index is 731. The standard InChI is InChI=1S/C17H22N2O3S/c1-4-13(10-20)19(9-14-7-6-12(3)23-14)17(22)15-8-5-11(2)18-16(15)21/h5-8,13,20H,4,9-10H2,1-3H3,(H,18,21)/t13-/m1/s1. The van der Waals surface area contributed by atoms with Crippen LogP contribution in [0.2, 0.25) is 0 Å². The first-order chi connectivity index (χ1) is 11.0. The first-order valence-corrected chi connectivity index (χ1v) is 8.45. The van der Waals surface area contributed by atoms with Crippen LogP contribution in [0.15, 0.2) is 29.1 Å². The number of aryl methyl sites for hydroxylation is 2. The number of rotatable bonds is 6. The number of aromatic amines is 1. The van der Waals surface area contributed by atoms with E-state index in [-0.39, 0.29) is 24.1 Å². The largest absolute Gasteiger partial charge is 0.394 e. The molecule has 23 heavy (non-hydrogen) atoms. The number of thiophene rings is 1. The van der Waals surface area contributed by atoms with Crippen LogP contribution in [0.1, 0.15) is 39.2 Å². The second-order valence-electron chi connectivity index (χ2n) is 5.57. The van der Waals surface area contributed by atoms with Crippen molar-refractivity contribution in [1.29, 1.82) is 0 Å². The topological polar surface area (TPSA) is 73.4 Å². The molecule has 2 rings (SSSR count). The number of pyridine rings is 1. The van der Waals surface area contributed by atoms with Gasteiger partial charge in [0.05, 0.1) is 19.2 Å². The van der Waals surface area contributed by atoms with Crippen molar-refractivity contribution in [1.82, 2.24) is 9.88 Å². The maximum absolute atomic E-state index is 12.8. The molecule has 5 nitrogen and oxygen atoms in total. The van der Waals surface area contributed by atoms with Crippen LogP contribution in [0.3, 0.4) is 0 Å². The summed E-state index contributed by atoms with van der Waals surface area (Å²) < 4.78 is 0. The van der Waals surface area contributed by atoms with Gasteiger partial charge in [-0.3, -0.25) is 9.59 Å². The predicted molar refractivity (Wildman–Crippen MR) is 91.9 cm³/mol. The van der Waals surface area contributed by atoms with E-state index < -0.39 is 5.56 Å². The molecule has 0 radical (unpaired) electrons. The fraction of sp³-hybridized carbons (Fsp3) is 0.412. The van der Waals surface area contributed by atoms with Gasteiger partial charge in [-0.25, -0.2) is 0 Å². The minimum absolute atomic E-state index is 0.107. The molecule has 0 spiro atoms. The van der Waals surface area contributed by atoms with Crippen LogP contribution in [0.4, 0.5) is 0 Å². The van der Waals surface area contributed by atoms with Crippen LogP contribution < -0.4 is 5.56 Å².